The van der Waals surface area contributed by atoms with Gasteiger partial charge in [0.15, 0.2) is 0 Å². The van der Waals surface area contributed by atoms with Gasteiger partial charge in [-0.2, -0.15) is 0 Å². The molecule has 1 aliphatic heterocycles. The Hall–Kier alpha value is -0.160. The predicted octanol–water partition coefficient (Wildman–Crippen LogP) is -1.76. The number of hydrogen-bond acceptors (Lipinski definition) is 4. The lowest BCUT2D eigenvalue weighted by molar-refractivity contribution is -0.0336. The first-order chi connectivity index (χ1) is 4.70. The Morgan fingerprint density at radius 1 is 1.00 bits per heavy atom. The summed E-state index contributed by atoms with van der Waals surface area (Å²) >= 11 is 0. The summed E-state index contributed by atoms with van der Waals surface area (Å²) in [7, 11) is 0. The van der Waals surface area contributed by atoms with E-state index in [-0.39, 0.29) is 18.6 Å². The van der Waals surface area contributed by atoms with Crippen molar-refractivity contribution in [2.45, 2.75) is 36.9 Å². The van der Waals surface area contributed by atoms with Crippen LogP contribution in [-0.2, 0) is 4.74 Å². The minimum atomic E-state index is -0.821. The van der Waals surface area contributed by atoms with E-state index in [1.807, 2.05) is 0 Å². The van der Waals surface area contributed by atoms with Crippen LogP contribution in [0.15, 0.2) is 0 Å². The summed E-state index contributed by atoms with van der Waals surface area (Å²) in [4.78, 5) is 0. The van der Waals surface area contributed by atoms with E-state index >= 15 is 0 Å². The van der Waals surface area contributed by atoms with Crippen LogP contribution in [0, 0.1) is 0 Å². The molecule has 1 saturated heterocycles. The number of aliphatic hydroxyl groups is 3. The number of hydrogen-bond donors (Lipinski definition) is 3. The zero-order valence-electron chi connectivity index (χ0n) is 5.34. The van der Waals surface area contributed by atoms with E-state index in [4.69, 9.17) is 20.1 Å². The van der Waals surface area contributed by atoms with Gasteiger partial charge < -0.3 is 20.1 Å². The van der Waals surface area contributed by atoms with Crippen molar-refractivity contribution in [2.24, 2.45) is 0 Å². The van der Waals surface area contributed by atoms with Crippen molar-refractivity contribution < 1.29 is 20.1 Å². The van der Waals surface area contributed by atoms with Crippen molar-refractivity contribution in [2.75, 3.05) is 0 Å². The fourth-order valence-electron chi connectivity index (χ4n) is 1.46. The number of aliphatic hydroxyl groups excluding tert-OH is 3. The summed E-state index contributed by atoms with van der Waals surface area (Å²) in [6, 6.07) is 0. The molecular weight excluding hydrogens is 136 g/mol. The molecule has 5 atom stereocenters. The Bertz CT molecular complexity index is 147. The van der Waals surface area contributed by atoms with Gasteiger partial charge >= 0.3 is 0 Å². The average molecular weight is 146 g/mol. The maximum absolute atomic E-state index is 9.12. The van der Waals surface area contributed by atoms with Gasteiger partial charge in [0, 0.05) is 6.42 Å². The van der Waals surface area contributed by atoms with Gasteiger partial charge in [0.05, 0.1) is 12.2 Å². The van der Waals surface area contributed by atoms with E-state index in [0.29, 0.717) is 0 Å². The molecule has 1 aliphatic carbocycles. The topological polar surface area (TPSA) is 73.2 Å². The van der Waals surface area contributed by atoms with Crippen LogP contribution in [0.5, 0.6) is 0 Å². The van der Waals surface area contributed by atoms with Crippen LogP contribution in [-0.4, -0.2) is 45.8 Å². The molecule has 5 unspecified atom stereocenters. The Morgan fingerprint density at radius 2 is 1.70 bits per heavy atom. The molecule has 2 aliphatic rings. The molecule has 0 amide bonds. The summed E-state index contributed by atoms with van der Waals surface area (Å²) in [5, 5.41) is 27.3. The molecule has 2 fully saturated rings. The highest BCUT2D eigenvalue weighted by atomic mass is 16.6. The van der Waals surface area contributed by atoms with Crippen molar-refractivity contribution in [1.82, 2.24) is 0 Å². The molecule has 3 N–H and O–H groups in total. The standard InChI is InChI=1S/C6H10O4/c7-2-1-3(8)5-6(10-5)4(2)9/h2-9H,1H2. The molecule has 0 radical (unpaired) electrons. The summed E-state index contributed by atoms with van der Waals surface area (Å²) in [5.41, 5.74) is 0. The zero-order chi connectivity index (χ0) is 7.30. The van der Waals surface area contributed by atoms with Crippen molar-refractivity contribution in [3.63, 3.8) is 0 Å². The fraction of sp³-hybridized carbons (Fsp3) is 1.00. The van der Waals surface area contributed by atoms with Gasteiger partial charge in [0.2, 0.25) is 0 Å². The molecule has 4 nitrogen and oxygen atoms in total. The van der Waals surface area contributed by atoms with Gasteiger partial charge in [-0.15, -0.1) is 0 Å². The van der Waals surface area contributed by atoms with Gasteiger partial charge in [0.1, 0.15) is 18.3 Å². The van der Waals surface area contributed by atoms with Crippen LogP contribution in [0.4, 0.5) is 0 Å². The van der Waals surface area contributed by atoms with Gasteiger partial charge in [-0.3, -0.25) is 0 Å². The van der Waals surface area contributed by atoms with Gasteiger partial charge in [-0.05, 0) is 0 Å². The predicted molar refractivity (Wildman–Crippen MR) is 31.3 cm³/mol. The van der Waals surface area contributed by atoms with E-state index in [1.54, 1.807) is 0 Å². The maximum Gasteiger partial charge on any atom is 0.115 e. The molecule has 0 aromatic carbocycles. The summed E-state index contributed by atoms with van der Waals surface area (Å²) in [6.07, 6.45) is -2.53. The van der Waals surface area contributed by atoms with E-state index in [1.165, 1.54) is 0 Å². The van der Waals surface area contributed by atoms with Crippen LogP contribution in [0.3, 0.4) is 0 Å². The minimum Gasteiger partial charge on any atom is -0.390 e. The third kappa shape index (κ3) is 0.769. The molecule has 1 heterocycles. The van der Waals surface area contributed by atoms with Crippen LogP contribution in [0.25, 0.3) is 0 Å². The number of rotatable bonds is 0. The second-order valence-corrected chi connectivity index (χ2v) is 2.93. The minimum absolute atomic E-state index is 0.224. The molecule has 0 bridgehead atoms. The highest BCUT2D eigenvalue weighted by Crippen LogP contribution is 2.36. The van der Waals surface area contributed by atoms with Crippen LogP contribution in [0.2, 0.25) is 0 Å². The average Bonchev–Trinajstić information content (AvgIpc) is 2.61. The Labute approximate surface area is 58.0 Å². The lowest BCUT2D eigenvalue weighted by Gasteiger charge is -2.22. The molecule has 10 heavy (non-hydrogen) atoms. The second kappa shape index (κ2) is 1.92. The molecule has 0 aromatic rings. The van der Waals surface area contributed by atoms with E-state index in [9.17, 15) is 0 Å². The zero-order valence-corrected chi connectivity index (χ0v) is 5.34. The molecule has 4 heteroatoms. The first-order valence-corrected chi connectivity index (χ1v) is 3.40. The van der Waals surface area contributed by atoms with Crippen molar-refractivity contribution >= 4 is 0 Å². The van der Waals surface area contributed by atoms with Crippen molar-refractivity contribution in [3.05, 3.63) is 0 Å². The quantitative estimate of drug-likeness (QED) is 0.354. The number of fused-ring (bicyclic) bond motifs is 1. The molecular formula is C6H10O4. The molecule has 0 spiro atoms. The lowest BCUT2D eigenvalue weighted by Crippen LogP contribution is -2.42. The SMILES string of the molecule is OC1CC(O)C2OC2C1O. The summed E-state index contributed by atoms with van der Waals surface area (Å²) < 4.78 is 4.91. The van der Waals surface area contributed by atoms with E-state index in [0.717, 1.165) is 0 Å². The second-order valence-electron chi connectivity index (χ2n) is 2.93. The molecule has 1 saturated carbocycles. The molecule has 2 rings (SSSR count). The fourth-order valence-corrected chi connectivity index (χ4v) is 1.46. The number of epoxide rings is 1. The summed E-state index contributed by atoms with van der Waals surface area (Å²) in [6.45, 7) is 0. The number of ether oxygens (including phenoxy) is 1. The van der Waals surface area contributed by atoms with Gasteiger partial charge in [-0.25, -0.2) is 0 Å². The Morgan fingerprint density at radius 3 is 2.40 bits per heavy atom. The van der Waals surface area contributed by atoms with E-state index in [2.05, 4.69) is 0 Å². The van der Waals surface area contributed by atoms with E-state index < -0.39 is 18.3 Å². The third-order valence-corrected chi connectivity index (χ3v) is 2.15. The van der Waals surface area contributed by atoms with Gasteiger partial charge in [0.25, 0.3) is 0 Å². The Kier molecular flexibility index (Phi) is 1.25. The first kappa shape index (κ1) is 6.54. The Balaban J connectivity index is 2.05. The largest absolute Gasteiger partial charge is 0.390 e. The highest BCUT2D eigenvalue weighted by Gasteiger charge is 2.55. The maximum atomic E-state index is 9.12. The smallest absolute Gasteiger partial charge is 0.115 e. The molecule has 0 aromatic heterocycles. The third-order valence-electron chi connectivity index (χ3n) is 2.15. The molecule has 58 valence electrons. The normalized spacial score (nSPS) is 59.7. The monoisotopic (exact) mass is 146 g/mol. The first-order valence-electron chi connectivity index (χ1n) is 3.40. The van der Waals surface area contributed by atoms with Crippen molar-refractivity contribution in [1.29, 1.82) is 0 Å². The highest BCUT2D eigenvalue weighted by molar-refractivity contribution is 5.03. The lowest BCUT2D eigenvalue weighted by atomic mass is 9.93. The summed E-state index contributed by atoms with van der Waals surface area (Å²) in [5.74, 6) is 0. The van der Waals surface area contributed by atoms with Crippen molar-refractivity contribution in [3.8, 4) is 0 Å². The van der Waals surface area contributed by atoms with Gasteiger partial charge in [-0.1, -0.05) is 0 Å². The van der Waals surface area contributed by atoms with Crippen LogP contribution >= 0.6 is 0 Å². The van der Waals surface area contributed by atoms with Crippen LogP contribution < -0.4 is 0 Å². The van der Waals surface area contributed by atoms with Crippen LogP contribution in [0.1, 0.15) is 6.42 Å².